The third-order valence-corrected chi connectivity index (χ3v) is 6.41. The number of nitrogen functional groups attached to an aromatic ring is 1. The molecule has 0 spiro atoms. The summed E-state index contributed by atoms with van der Waals surface area (Å²) in [6.45, 7) is 9.38. The van der Waals surface area contributed by atoms with Gasteiger partial charge in [0.15, 0.2) is 6.54 Å². The van der Waals surface area contributed by atoms with Gasteiger partial charge in [-0.3, -0.25) is 5.84 Å². The molecule has 5 heteroatoms. The van der Waals surface area contributed by atoms with Crippen LogP contribution >= 0.6 is 0 Å². The highest BCUT2D eigenvalue weighted by Gasteiger charge is 2.31. The van der Waals surface area contributed by atoms with Gasteiger partial charge >= 0.3 is 0 Å². The second kappa shape index (κ2) is 8.38. The minimum atomic E-state index is -0.128. The first-order valence-corrected chi connectivity index (χ1v) is 11.3. The smallest absolute Gasteiger partial charge is 0.203 e. The molecule has 1 saturated carbocycles. The monoisotopic (exact) mass is 409 g/mol. The van der Waals surface area contributed by atoms with Crippen molar-refractivity contribution < 1.29 is 9.07 Å². The Labute approximate surface area is 178 Å². The first kappa shape index (κ1) is 20.9. The van der Waals surface area contributed by atoms with Gasteiger partial charge in [-0.25, -0.2) is 4.39 Å². The molecule has 0 bridgehead atoms. The average molecular weight is 410 g/mol. The number of nitrogens with two attached hydrogens (primary N) is 1. The van der Waals surface area contributed by atoms with Crippen molar-refractivity contribution in [2.45, 2.75) is 77.7 Å². The number of hydrogen-bond acceptors (Lipinski definition) is 2. The van der Waals surface area contributed by atoms with Crippen LogP contribution in [0, 0.1) is 5.82 Å². The number of aromatic nitrogens is 2. The number of aromatic amines is 1. The highest BCUT2D eigenvalue weighted by molar-refractivity contribution is 5.83. The number of halogens is 1. The molecule has 4 rings (SSSR count). The van der Waals surface area contributed by atoms with Crippen LogP contribution in [0.4, 0.5) is 10.1 Å². The number of hydrazine groups is 1. The van der Waals surface area contributed by atoms with Gasteiger partial charge in [0.25, 0.3) is 0 Å². The number of fused-ring (bicyclic) bond motifs is 1. The van der Waals surface area contributed by atoms with E-state index in [0.29, 0.717) is 36.1 Å². The fourth-order valence-electron chi connectivity index (χ4n) is 4.71. The van der Waals surface area contributed by atoms with E-state index in [1.807, 2.05) is 12.1 Å². The summed E-state index contributed by atoms with van der Waals surface area (Å²) in [7, 11) is 0. The molecule has 0 amide bonds. The van der Waals surface area contributed by atoms with E-state index in [9.17, 15) is 0 Å². The minimum Gasteiger partial charge on any atom is -0.324 e. The van der Waals surface area contributed by atoms with Crippen LogP contribution < -0.4 is 16.0 Å². The van der Waals surface area contributed by atoms with Crippen molar-refractivity contribution in [2.24, 2.45) is 5.84 Å². The van der Waals surface area contributed by atoms with Crippen molar-refractivity contribution in [3.05, 3.63) is 58.5 Å². The van der Waals surface area contributed by atoms with E-state index in [1.165, 1.54) is 34.9 Å². The Kier molecular flexibility index (Phi) is 5.83. The molecule has 1 unspecified atom stereocenters. The zero-order valence-corrected chi connectivity index (χ0v) is 18.6. The molecule has 1 aliphatic carbocycles. The van der Waals surface area contributed by atoms with Gasteiger partial charge in [0.2, 0.25) is 6.20 Å². The van der Waals surface area contributed by atoms with Crippen LogP contribution in [-0.4, -0.2) is 5.10 Å². The van der Waals surface area contributed by atoms with Crippen LogP contribution in [0.2, 0.25) is 0 Å². The highest BCUT2D eigenvalue weighted by Crippen LogP contribution is 2.46. The lowest BCUT2D eigenvalue weighted by Gasteiger charge is -2.15. The molecule has 160 valence electrons. The molecule has 1 aromatic heterocycles. The lowest BCUT2D eigenvalue weighted by Crippen LogP contribution is -2.37. The number of nitrogens with zero attached hydrogens (tertiary/aromatic N) is 1. The Bertz CT molecular complexity index is 1050. The fourth-order valence-corrected chi connectivity index (χ4v) is 4.71. The quantitative estimate of drug-likeness (QED) is 0.256. The number of nitrogens with one attached hydrogen (secondary N) is 2. The normalized spacial score (nSPS) is 15.2. The fraction of sp³-hybridized carbons (Fsp3) is 0.480. The molecule has 0 saturated heterocycles. The number of anilines is 1. The molecule has 0 aliphatic heterocycles. The van der Waals surface area contributed by atoms with Crippen molar-refractivity contribution in [3.8, 4) is 0 Å². The van der Waals surface area contributed by atoms with E-state index in [1.54, 1.807) is 0 Å². The predicted octanol–water partition coefficient (Wildman–Crippen LogP) is 5.64. The van der Waals surface area contributed by atoms with E-state index in [2.05, 4.69) is 61.2 Å². The van der Waals surface area contributed by atoms with Gasteiger partial charge in [0.05, 0.1) is 11.1 Å². The van der Waals surface area contributed by atoms with Crippen LogP contribution in [0.25, 0.3) is 10.9 Å². The molecule has 1 atom stereocenters. The molecular weight excluding hydrogens is 375 g/mol. The zero-order valence-electron chi connectivity index (χ0n) is 18.6. The van der Waals surface area contributed by atoms with Crippen molar-refractivity contribution in [1.82, 2.24) is 5.10 Å². The summed E-state index contributed by atoms with van der Waals surface area (Å²) in [6.07, 6.45) is 6.35. The summed E-state index contributed by atoms with van der Waals surface area (Å²) >= 11 is 0. The molecular formula is C25H34FN4+. The summed E-state index contributed by atoms with van der Waals surface area (Å²) in [6, 6.07) is 8.24. The molecule has 1 aliphatic rings. The molecule has 1 heterocycles. The van der Waals surface area contributed by atoms with E-state index in [0.717, 1.165) is 12.0 Å². The number of benzene rings is 2. The third-order valence-electron chi connectivity index (χ3n) is 6.41. The van der Waals surface area contributed by atoms with Gasteiger partial charge < -0.3 is 5.43 Å². The van der Waals surface area contributed by atoms with Gasteiger partial charge in [-0.2, -0.15) is 5.10 Å². The van der Waals surface area contributed by atoms with Crippen molar-refractivity contribution >= 4 is 16.6 Å². The maximum atomic E-state index is 15.3. The summed E-state index contributed by atoms with van der Waals surface area (Å²) in [5.74, 6) is 6.72. The van der Waals surface area contributed by atoms with E-state index < -0.39 is 0 Å². The average Bonchev–Trinajstić information content (AvgIpc) is 3.47. The minimum absolute atomic E-state index is 0.0411. The Morgan fingerprint density at radius 1 is 1.17 bits per heavy atom. The van der Waals surface area contributed by atoms with Crippen molar-refractivity contribution in [3.63, 3.8) is 0 Å². The van der Waals surface area contributed by atoms with Crippen molar-refractivity contribution in [2.75, 3.05) is 5.43 Å². The van der Waals surface area contributed by atoms with E-state index in [4.69, 9.17) is 5.84 Å². The standard InChI is InChI=1S/C25H33FN4/c1-5-6-20-22(28-27)11-10-19(25(20)26)16(4)13-30-14-21-23(29-30)12-9-18(15(2)3)24(21)17-7-8-17/h9-12,14-17,28H,5-8,13,27H2,1-4H3/p+1. The molecule has 4 nitrogen and oxygen atoms in total. The molecule has 0 radical (unpaired) electrons. The van der Waals surface area contributed by atoms with E-state index >= 15 is 4.39 Å². The number of hydrogen-bond donors (Lipinski definition) is 3. The summed E-state index contributed by atoms with van der Waals surface area (Å²) in [5.41, 5.74) is 8.89. The van der Waals surface area contributed by atoms with Crippen LogP contribution in [0.15, 0.2) is 30.5 Å². The van der Waals surface area contributed by atoms with Crippen LogP contribution in [0.1, 0.15) is 87.0 Å². The van der Waals surface area contributed by atoms with Crippen LogP contribution in [-0.2, 0) is 13.0 Å². The maximum Gasteiger partial charge on any atom is 0.203 e. The second-order valence-corrected chi connectivity index (χ2v) is 9.14. The topological polar surface area (TPSA) is 57.7 Å². The second-order valence-electron chi connectivity index (χ2n) is 9.14. The van der Waals surface area contributed by atoms with Crippen molar-refractivity contribution in [1.29, 1.82) is 0 Å². The van der Waals surface area contributed by atoms with Gasteiger partial charge in [-0.1, -0.05) is 46.2 Å². The zero-order chi connectivity index (χ0) is 21.4. The van der Waals surface area contributed by atoms with Gasteiger partial charge in [0, 0.05) is 11.5 Å². The Balaban J connectivity index is 1.66. The SMILES string of the molecule is CCCc1c(NN)ccc(C(C)C[n+]2cc3c(C4CC4)c(C(C)C)ccc3[nH]2)c1F. The molecule has 1 fully saturated rings. The van der Waals surface area contributed by atoms with Gasteiger partial charge in [-0.15, -0.1) is 4.68 Å². The molecule has 4 N–H and O–H groups in total. The van der Waals surface area contributed by atoms with Crippen LogP contribution in [0.5, 0.6) is 0 Å². The van der Waals surface area contributed by atoms with Crippen LogP contribution in [0.3, 0.4) is 0 Å². The summed E-state index contributed by atoms with van der Waals surface area (Å²) in [4.78, 5) is 0. The maximum absolute atomic E-state index is 15.3. The highest BCUT2D eigenvalue weighted by atomic mass is 19.1. The van der Waals surface area contributed by atoms with Gasteiger partial charge in [-0.05, 0) is 59.9 Å². The summed E-state index contributed by atoms with van der Waals surface area (Å²) < 4.78 is 17.4. The summed E-state index contributed by atoms with van der Waals surface area (Å²) in [5, 5.41) is 4.85. The predicted molar refractivity (Wildman–Crippen MR) is 121 cm³/mol. The lowest BCUT2D eigenvalue weighted by atomic mass is 9.92. The molecule has 2 aromatic carbocycles. The Hall–Kier alpha value is -2.40. The molecule has 30 heavy (non-hydrogen) atoms. The number of rotatable bonds is 8. The first-order chi connectivity index (χ1) is 14.4. The third kappa shape index (κ3) is 3.83. The Morgan fingerprint density at radius 2 is 1.90 bits per heavy atom. The lowest BCUT2D eigenvalue weighted by molar-refractivity contribution is -0.750. The first-order valence-electron chi connectivity index (χ1n) is 11.3. The van der Waals surface area contributed by atoms with E-state index in [-0.39, 0.29) is 11.7 Å². The Morgan fingerprint density at radius 3 is 2.53 bits per heavy atom. The molecule has 3 aromatic rings. The van der Waals surface area contributed by atoms with Gasteiger partial charge in [0.1, 0.15) is 11.3 Å². The number of H-pyrrole nitrogens is 1. The largest absolute Gasteiger partial charge is 0.324 e.